The first kappa shape index (κ1) is 22.4. The lowest BCUT2D eigenvalue weighted by Gasteiger charge is -2.32. The summed E-state index contributed by atoms with van der Waals surface area (Å²) < 4.78 is 17.2. The van der Waals surface area contributed by atoms with E-state index < -0.39 is 29.8 Å². The Labute approximate surface area is 198 Å². The van der Waals surface area contributed by atoms with Gasteiger partial charge >= 0.3 is 11.9 Å². The van der Waals surface area contributed by atoms with Gasteiger partial charge in [-0.05, 0) is 37.5 Å². The van der Waals surface area contributed by atoms with Crippen LogP contribution >= 0.6 is 0 Å². The lowest BCUT2D eigenvalue weighted by molar-refractivity contribution is -0.190. The van der Waals surface area contributed by atoms with Crippen LogP contribution < -0.4 is 0 Å². The first-order chi connectivity index (χ1) is 16.6. The molecule has 0 radical (unpaired) electrons. The Morgan fingerprint density at radius 3 is 2.44 bits per heavy atom. The number of aromatic nitrogens is 1. The number of aromatic amines is 1. The Morgan fingerprint density at radius 2 is 1.74 bits per heavy atom. The molecule has 0 unspecified atom stereocenters. The maximum Gasteiger partial charge on any atom is 0.352 e. The van der Waals surface area contributed by atoms with Gasteiger partial charge in [-0.1, -0.05) is 60.7 Å². The van der Waals surface area contributed by atoms with E-state index in [4.69, 9.17) is 14.2 Å². The molecule has 2 aliphatic rings. The van der Waals surface area contributed by atoms with E-state index in [1.165, 1.54) is 0 Å². The lowest BCUT2D eigenvalue weighted by Crippen LogP contribution is -2.57. The van der Waals surface area contributed by atoms with E-state index in [9.17, 15) is 9.59 Å². The summed E-state index contributed by atoms with van der Waals surface area (Å²) in [5.41, 5.74) is 2.03. The molecule has 1 saturated heterocycles. The maximum absolute atomic E-state index is 13.4. The van der Waals surface area contributed by atoms with E-state index in [-0.39, 0.29) is 13.2 Å². The summed E-state index contributed by atoms with van der Waals surface area (Å²) in [5, 5.41) is 1.13. The number of fused-ring (bicyclic) bond motifs is 5. The standard InChI is InChI=1S/C27H28N2O5/c1-3-32-25(30)27(26(31)33-4-2)22(15-14-18-10-6-5-7-11-18)29-17-16-20-19-12-8-9-13-21(19)28-23(20)24(29)34-27/h5-15,22,24,28H,3-4,16-17H2,1-2H3/b15-14+/t22-,24+/m0/s1. The lowest BCUT2D eigenvalue weighted by atomic mass is 9.91. The van der Waals surface area contributed by atoms with Crippen molar-refractivity contribution in [2.75, 3.05) is 19.8 Å². The second-order valence-electron chi connectivity index (χ2n) is 8.41. The highest BCUT2D eigenvalue weighted by Crippen LogP contribution is 2.47. The van der Waals surface area contributed by atoms with Crippen molar-refractivity contribution in [3.05, 3.63) is 77.5 Å². The number of carbonyl (C=O) groups excluding carboxylic acids is 2. The SMILES string of the molecule is CCOC(=O)C1(C(=O)OCC)O[C@@H]2c3[nH]c4ccccc4c3CCN2[C@H]1/C=C/c1ccccc1. The predicted octanol–water partition coefficient (Wildman–Crippen LogP) is 4.00. The number of para-hydroxylation sites is 1. The van der Waals surface area contributed by atoms with Gasteiger partial charge in [0.2, 0.25) is 0 Å². The Hall–Kier alpha value is -3.42. The largest absolute Gasteiger partial charge is 0.463 e. The third-order valence-corrected chi connectivity index (χ3v) is 6.51. The van der Waals surface area contributed by atoms with Crippen molar-refractivity contribution in [1.82, 2.24) is 9.88 Å². The van der Waals surface area contributed by atoms with E-state index in [0.717, 1.165) is 34.1 Å². The molecule has 2 atom stereocenters. The Bertz CT molecular complexity index is 1210. The second-order valence-corrected chi connectivity index (χ2v) is 8.41. The van der Waals surface area contributed by atoms with Gasteiger partial charge in [0.25, 0.3) is 5.60 Å². The molecule has 2 aliphatic heterocycles. The van der Waals surface area contributed by atoms with E-state index in [1.807, 2.05) is 65.6 Å². The summed E-state index contributed by atoms with van der Waals surface area (Å²) >= 11 is 0. The van der Waals surface area contributed by atoms with Crippen LogP contribution in [0.15, 0.2) is 60.7 Å². The molecule has 1 aromatic heterocycles. The molecule has 3 heterocycles. The van der Waals surface area contributed by atoms with Crippen molar-refractivity contribution in [1.29, 1.82) is 0 Å². The van der Waals surface area contributed by atoms with Crippen LogP contribution in [0, 0.1) is 0 Å². The van der Waals surface area contributed by atoms with Gasteiger partial charge in [0, 0.05) is 17.4 Å². The van der Waals surface area contributed by atoms with E-state index in [2.05, 4.69) is 11.1 Å². The molecule has 5 rings (SSSR count). The molecule has 0 bridgehead atoms. The summed E-state index contributed by atoms with van der Waals surface area (Å²) in [6.07, 6.45) is 3.91. The van der Waals surface area contributed by atoms with Gasteiger partial charge in [-0.15, -0.1) is 0 Å². The topological polar surface area (TPSA) is 80.9 Å². The van der Waals surface area contributed by atoms with Gasteiger partial charge in [0.15, 0.2) is 6.23 Å². The smallest absolute Gasteiger partial charge is 0.352 e. The van der Waals surface area contributed by atoms with Crippen LogP contribution in [0.2, 0.25) is 0 Å². The molecule has 7 heteroatoms. The first-order valence-electron chi connectivity index (χ1n) is 11.7. The van der Waals surface area contributed by atoms with Crippen LogP contribution in [0.4, 0.5) is 0 Å². The van der Waals surface area contributed by atoms with Crippen molar-refractivity contribution in [3.8, 4) is 0 Å². The van der Waals surface area contributed by atoms with E-state index in [0.29, 0.717) is 6.54 Å². The molecule has 7 nitrogen and oxygen atoms in total. The van der Waals surface area contributed by atoms with Crippen LogP contribution in [0.25, 0.3) is 17.0 Å². The maximum atomic E-state index is 13.4. The van der Waals surface area contributed by atoms with Crippen LogP contribution in [-0.2, 0) is 30.2 Å². The van der Waals surface area contributed by atoms with Gasteiger partial charge < -0.3 is 19.2 Å². The molecular formula is C27H28N2O5. The summed E-state index contributed by atoms with van der Waals surface area (Å²) in [6.45, 7) is 4.29. The van der Waals surface area contributed by atoms with Crippen molar-refractivity contribution in [3.63, 3.8) is 0 Å². The monoisotopic (exact) mass is 460 g/mol. The minimum absolute atomic E-state index is 0.126. The van der Waals surface area contributed by atoms with Crippen molar-refractivity contribution < 1.29 is 23.8 Å². The molecule has 0 amide bonds. The Kier molecular flexibility index (Phi) is 5.98. The molecule has 2 aromatic carbocycles. The summed E-state index contributed by atoms with van der Waals surface area (Å²) in [5.74, 6) is -1.47. The zero-order valence-electron chi connectivity index (χ0n) is 19.3. The zero-order chi connectivity index (χ0) is 23.7. The number of hydrogen-bond donors (Lipinski definition) is 1. The fourth-order valence-corrected chi connectivity index (χ4v) is 5.03. The molecule has 1 N–H and O–H groups in total. The molecule has 1 fully saturated rings. The zero-order valence-corrected chi connectivity index (χ0v) is 19.3. The summed E-state index contributed by atoms with van der Waals surface area (Å²) in [4.78, 5) is 32.3. The Morgan fingerprint density at radius 1 is 1.06 bits per heavy atom. The van der Waals surface area contributed by atoms with Gasteiger partial charge in [-0.3, -0.25) is 4.90 Å². The molecule has 3 aromatic rings. The van der Waals surface area contributed by atoms with Crippen LogP contribution in [0.1, 0.15) is 36.9 Å². The molecule has 176 valence electrons. The third-order valence-electron chi connectivity index (χ3n) is 6.51. The fraction of sp³-hybridized carbons (Fsp3) is 0.333. The molecule has 0 saturated carbocycles. The molecule has 0 aliphatic carbocycles. The fourth-order valence-electron chi connectivity index (χ4n) is 5.03. The van der Waals surface area contributed by atoms with Crippen LogP contribution in [0.3, 0.4) is 0 Å². The number of ether oxygens (including phenoxy) is 3. The van der Waals surface area contributed by atoms with Crippen molar-refractivity contribution in [2.45, 2.75) is 38.1 Å². The summed E-state index contributed by atoms with van der Waals surface area (Å²) in [6, 6.07) is 17.1. The van der Waals surface area contributed by atoms with Gasteiger partial charge in [-0.25, -0.2) is 9.59 Å². The second kappa shape index (κ2) is 9.08. The van der Waals surface area contributed by atoms with Gasteiger partial charge in [0.05, 0.1) is 24.9 Å². The summed E-state index contributed by atoms with van der Waals surface area (Å²) in [7, 11) is 0. The van der Waals surface area contributed by atoms with Crippen molar-refractivity contribution >= 4 is 28.9 Å². The first-order valence-corrected chi connectivity index (χ1v) is 11.7. The molecule has 0 spiro atoms. The van der Waals surface area contributed by atoms with Crippen LogP contribution in [-0.4, -0.2) is 53.2 Å². The third kappa shape index (κ3) is 3.52. The number of nitrogens with zero attached hydrogens (tertiary/aromatic N) is 1. The van der Waals surface area contributed by atoms with E-state index in [1.54, 1.807) is 13.8 Å². The highest BCUT2D eigenvalue weighted by molar-refractivity contribution is 6.05. The molecular weight excluding hydrogens is 432 g/mol. The van der Waals surface area contributed by atoms with Crippen LogP contribution in [0.5, 0.6) is 0 Å². The van der Waals surface area contributed by atoms with Crippen molar-refractivity contribution in [2.24, 2.45) is 0 Å². The normalized spacial score (nSPS) is 21.4. The average Bonchev–Trinajstić information content (AvgIpc) is 3.40. The van der Waals surface area contributed by atoms with Gasteiger partial charge in [0.1, 0.15) is 0 Å². The number of hydrogen-bond acceptors (Lipinski definition) is 6. The highest BCUT2D eigenvalue weighted by atomic mass is 16.6. The van der Waals surface area contributed by atoms with E-state index >= 15 is 0 Å². The average molecular weight is 461 g/mol. The molecule has 34 heavy (non-hydrogen) atoms. The van der Waals surface area contributed by atoms with Gasteiger partial charge in [-0.2, -0.15) is 0 Å². The number of esters is 2. The Balaban J connectivity index is 1.64. The quantitative estimate of drug-likeness (QED) is 0.442. The number of H-pyrrole nitrogens is 1. The number of carbonyl (C=O) groups is 2. The minimum atomic E-state index is -1.93. The number of rotatable bonds is 6. The number of benzene rings is 2. The minimum Gasteiger partial charge on any atom is -0.463 e. The number of nitrogens with one attached hydrogen (secondary N) is 1. The predicted molar refractivity (Wildman–Crippen MR) is 128 cm³/mol. The highest BCUT2D eigenvalue weighted by Gasteiger charge is 2.66.